The van der Waals surface area contributed by atoms with Crippen molar-refractivity contribution < 1.29 is 17.9 Å². The van der Waals surface area contributed by atoms with Crippen molar-refractivity contribution in [2.75, 3.05) is 33.5 Å². The number of halogens is 1. The van der Waals surface area contributed by atoms with Gasteiger partial charge in [-0.2, -0.15) is 0 Å². The van der Waals surface area contributed by atoms with E-state index in [0.29, 0.717) is 11.4 Å². The molecule has 0 amide bonds. The topological polar surface area (TPSA) is 88.1 Å². The predicted molar refractivity (Wildman–Crippen MR) is 111 cm³/mol. The third-order valence-electron chi connectivity index (χ3n) is 4.34. The molecule has 1 aromatic carbocycles. The van der Waals surface area contributed by atoms with E-state index in [4.69, 9.17) is 4.74 Å². The molecule has 0 aromatic heterocycles. The minimum absolute atomic E-state index is 0. The SMILES string of the molecule is CN=C(NCc1ccc(S(C)(=O)=O)cc1)N1CCC(C(=O)OC)CC1.I. The smallest absolute Gasteiger partial charge is 0.308 e. The van der Waals surface area contributed by atoms with E-state index in [-0.39, 0.29) is 35.9 Å². The van der Waals surface area contributed by atoms with Crippen molar-refractivity contribution >= 4 is 45.7 Å². The molecule has 1 aliphatic rings. The van der Waals surface area contributed by atoms with Crippen LogP contribution in [0.5, 0.6) is 0 Å². The third kappa shape index (κ3) is 6.11. The number of hydrogen-bond donors (Lipinski definition) is 1. The van der Waals surface area contributed by atoms with Crippen molar-refractivity contribution in [1.82, 2.24) is 10.2 Å². The number of nitrogens with zero attached hydrogens (tertiary/aromatic N) is 2. The number of rotatable bonds is 4. The second-order valence-corrected chi connectivity index (χ2v) is 8.12. The van der Waals surface area contributed by atoms with Gasteiger partial charge < -0.3 is 15.0 Å². The number of nitrogens with one attached hydrogen (secondary N) is 1. The summed E-state index contributed by atoms with van der Waals surface area (Å²) in [5, 5.41) is 3.28. The Bertz CT molecular complexity index is 727. The summed E-state index contributed by atoms with van der Waals surface area (Å²) < 4.78 is 27.8. The van der Waals surface area contributed by atoms with Gasteiger partial charge in [-0.25, -0.2) is 8.42 Å². The molecular weight excluding hydrogens is 469 g/mol. The zero-order valence-corrected chi connectivity index (χ0v) is 18.4. The van der Waals surface area contributed by atoms with Crippen LogP contribution in [0.15, 0.2) is 34.2 Å². The summed E-state index contributed by atoms with van der Waals surface area (Å²) >= 11 is 0. The second-order valence-electron chi connectivity index (χ2n) is 6.10. The number of carbonyl (C=O) groups is 1. The Morgan fingerprint density at radius 3 is 2.31 bits per heavy atom. The number of hydrogen-bond acceptors (Lipinski definition) is 5. The fraction of sp³-hybridized carbons (Fsp3) is 0.529. The molecule has 9 heteroatoms. The quantitative estimate of drug-likeness (QED) is 0.296. The zero-order valence-electron chi connectivity index (χ0n) is 15.3. The Kier molecular flexibility index (Phi) is 8.81. The van der Waals surface area contributed by atoms with Crippen LogP contribution in [-0.4, -0.2) is 58.7 Å². The highest BCUT2D eigenvalue weighted by atomic mass is 127. The maximum atomic E-state index is 11.6. The number of sulfone groups is 1. The van der Waals surface area contributed by atoms with Gasteiger partial charge in [0.15, 0.2) is 15.8 Å². The van der Waals surface area contributed by atoms with Gasteiger partial charge in [0.05, 0.1) is 17.9 Å². The Morgan fingerprint density at radius 1 is 1.27 bits per heavy atom. The van der Waals surface area contributed by atoms with Crippen molar-refractivity contribution in [1.29, 1.82) is 0 Å². The lowest BCUT2D eigenvalue weighted by molar-refractivity contribution is -0.146. The second kappa shape index (κ2) is 10.1. The molecule has 7 nitrogen and oxygen atoms in total. The maximum Gasteiger partial charge on any atom is 0.308 e. The molecule has 26 heavy (non-hydrogen) atoms. The van der Waals surface area contributed by atoms with Crippen LogP contribution in [0.3, 0.4) is 0 Å². The van der Waals surface area contributed by atoms with Crippen LogP contribution in [0.2, 0.25) is 0 Å². The van der Waals surface area contributed by atoms with Crippen LogP contribution in [0.4, 0.5) is 0 Å². The molecule has 1 heterocycles. The summed E-state index contributed by atoms with van der Waals surface area (Å²) in [5.74, 6) is 0.590. The molecule has 1 aromatic rings. The average Bonchev–Trinajstić information content (AvgIpc) is 2.61. The Labute approximate surface area is 172 Å². The summed E-state index contributed by atoms with van der Waals surface area (Å²) in [6.45, 7) is 2.03. The van der Waals surface area contributed by atoms with Crippen molar-refractivity contribution in [3.63, 3.8) is 0 Å². The van der Waals surface area contributed by atoms with Gasteiger partial charge in [0.2, 0.25) is 0 Å². The molecule has 0 spiro atoms. The maximum absolute atomic E-state index is 11.6. The number of guanidine groups is 1. The van der Waals surface area contributed by atoms with E-state index in [1.807, 2.05) is 0 Å². The summed E-state index contributed by atoms with van der Waals surface area (Å²) in [6.07, 6.45) is 2.69. The lowest BCUT2D eigenvalue weighted by atomic mass is 9.97. The normalized spacial score (nSPS) is 16.0. The highest BCUT2D eigenvalue weighted by molar-refractivity contribution is 14.0. The molecule has 1 fully saturated rings. The predicted octanol–water partition coefficient (Wildman–Crippen LogP) is 1.67. The van der Waals surface area contributed by atoms with Crippen LogP contribution in [0.25, 0.3) is 0 Å². The van der Waals surface area contributed by atoms with E-state index < -0.39 is 9.84 Å². The van der Waals surface area contributed by atoms with E-state index >= 15 is 0 Å². The van der Waals surface area contributed by atoms with E-state index in [0.717, 1.165) is 37.5 Å². The number of ether oxygens (including phenoxy) is 1. The minimum atomic E-state index is -3.18. The number of piperidine rings is 1. The van der Waals surface area contributed by atoms with E-state index in [1.165, 1.54) is 13.4 Å². The fourth-order valence-electron chi connectivity index (χ4n) is 2.86. The molecule has 1 aliphatic heterocycles. The van der Waals surface area contributed by atoms with E-state index in [1.54, 1.807) is 31.3 Å². The molecular formula is C17H26IN3O4S. The summed E-state index contributed by atoms with van der Waals surface area (Å²) in [5.41, 5.74) is 0.970. The molecule has 2 rings (SSSR count). The minimum Gasteiger partial charge on any atom is -0.469 e. The highest BCUT2D eigenvalue weighted by Gasteiger charge is 2.26. The molecule has 0 atom stereocenters. The first kappa shape index (κ1) is 22.7. The Hall–Kier alpha value is -1.36. The summed E-state index contributed by atoms with van der Waals surface area (Å²) in [6, 6.07) is 6.80. The van der Waals surface area contributed by atoms with Gasteiger partial charge in [-0.1, -0.05) is 12.1 Å². The third-order valence-corrected chi connectivity index (χ3v) is 5.47. The van der Waals surface area contributed by atoms with Gasteiger partial charge in [-0.15, -0.1) is 24.0 Å². The van der Waals surface area contributed by atoms with Crippen molar-refractivity contribution in [3.8, 4) is 0 Å². The van der Waals surface area contributed by atoms with Crippen molar-refractivity contribution in [2.24, 2.45) is 10.9 Å². The molecule has 0 unspecified atom stereocenters. The van der Waals surface area contributed by atoms with Crippen LogP contribution >= 0.6 is 24.0 Å². The summed E-state index contributed by atoms with van der Waals surface area (Å²) in [7, 11) is -0.0328. The van der Waals surface area contributed by atoms with Gasteiger partial charge in [0, 0.05) is 32.9 Å². The summed E-state index contributed by atoms with van der Waals surface area (Å²) in [4.78, 5) is 18.3. The number of aliphatic imine (C=N–C) groups is 1. The van der Waals surface area contributed by atoms with Crippen LogP contribution in [0.1, 0.15) is 18.4 Å². The number of carbonyl (C=O) groups excluding carboxylic acids is 1. The van der Waals surface area contributed by atoms with Crippen LogP contribution in [-0.2, 0) is 25.9 Å². The molecule has 0 saturated carbocycles. The zero-order chi connectivity index (χ0) is 18.4. The lowest BCUT2D eigenvalue weighted by Crippen LogP contribution is -2.46. The first-order valence-electron chi connectivity index (χ1n) is 8.17. The van der Waals surface area contributed by atoms with Gasteiger partial charge in [-0.05, 0) is 30.5 Å². The standard InChI is InChI=1S/C17H25N3O4S.HI/c1-18-17(20-10-8-14(9-11-20)16(21)24-2)19-12-13-4-6-15(7-5-13)25(3,22)23;/h4-7,14H,8-12H2,1-3H3,(H,18,19);1H. The largest absolute Gasteiger partial charge is 0.469 e. The number of benzene rings is 1. The highest BCUT2D eigenvalue weighted by Crippen LogP contribution is 2.18. The van der Waals surface area contributed by atoms with E-state index in [2.05, 4.69) is 15.2 Å². The van der Waals surface area contributed by atoms with Crippen LogP contribution < -0.4 is 5.32 Å². The lowest BCUT2D eigenvalue weighted by Gasteiger charge is -2.33. The van der Waals surface area contributed by atoms with Crippen LogP contribution in [0, 0.1) is 5.92 Å². The molecule has 0 aliphatic carbocycles. The van der Waals surface area contributed by atoms with Gasteiger partial charge in [0.25, 0.3) is 0 Å². The molecule has 146 valence electrons. The van der Waals surface area contributed by atoms with Crippen molar-refractivity contribution in [2.45, 2.75) is 24.3 Å². The number of likely N-dealkylation sites (tertiary alicyclic amines) is 1. The first-order valence-corrected chi connectivity index (χ1v) is 10.1. The molecule has 0 bridgehead atoms. The fourth-order valence-corrected chi connectivity index (χ4v) is 3.49. The van der Waals surface area contributed by atoms with E-state index in [9.17, 15) is 13.2 Å². The monoisotopic (exact) mass is 495 g/mol. The Balaban J connectivity index is 0.00000338. The first-order chi connectivity index (χ1) is 11.8. The Morgan fingerprint density at radius 2 is 1.85 bits per heavy atom. The number of methoxy groups -OCH3 is 1. The van der Waals surface area contributed by atoms with Gasteiger partial charge >= 0.3 is 5.97 Å². The van der Waals surface area contributed by atoms with Gasteiger partial charge in [-0.3, -0.25) is 9.79 Å². The van der Waals surface area contributed by atoms with Gasteiger partial charge in [0.1, 0.15) is 0 Å². The molecule has 1 N–H and O–H groups in total. The number of esters is 1. The molecule has 1 saturated heterocycles. The average molecular weight is 495 g/mol. The molecule has 0 radical (unpaired) electrons. The van der Waals surface area contributed by atoms with Crippen molar-refractivity contribution in [3.05, 3.63) is 29.8 Å².